The van der Waals surface area contributed by atoms with E-state index >= 15 is 0 Å². The third-order valence-corrected chi connectivity index (χ3v) is 5.60. The Morgan fingerprint density at radius 2 is 1.86 bits per heavy atom. The van der Waals surface area contributed by atoms with Crippen LogP contribution >= 0.6 is 11.6 Å². The first-order valence-electron chi connectivity index (χ1n) is 7.36. The maximum Gasteiger partial charge on any atom is 0.211 e. The van der Waals surface area contributed by atoms with Crippen molar-refractivity contribution in [1.82, 2.24) is 9.62 Å². The largest absolute Gasteiger partial charge is 0.307 e. The van der Waals surface area contributed by atoms with Crippen molar-refractivity contribution in [3.8, 4) is 0 Å². The first-order valence-corrected chi connectivity index (χ1v) is 9.59. The Kier molecular flexibility index (Phi) is 5.66. The molecule has 0 amide bonds. The summed E-state index contributed by atoms with van der Waals surface area (Å²) in [6.07, 6.45) is 3.99. The summed E-state index contributed by atoms with van der Waals surface area (Å²) in [7, 11) is -3.05. The molecule has 118 valence electrons. The van der Waals surface area contributed by atoms with Crippen molar-refractivity contribution in [3.05, 3.63) is 34.9 Å². The summed E-state index contributed by atoms with van der Waals surface area (Å²) in [5, 5.41) is 4.39. The van der Waals surface area contributed by atoms with Crippen LogP contribution in [0.1, 0.15) is 37.8 Å². The van der Waals surface area contributed by atoms with E-state index in [1.807, 2.05) is 12.1 Å². The van der Waals surface area contributed by atoms with Crippen molar-refractivity contribution in [3.63, 3.8) is 0 Å². The van der Waals surface area contributed by atoms with Crippen LogP contribution in [0.2, 0.25) is 5.02 Å². The number of halogens is 1. The smallest absolute Gasteiger partial charge is 0.211 e. The van der Waals surface area contributed by atoms with E-state index in [1.165, 1.54) is 11.8 Å². The van der Waals surface area contributed by atoms with E-state index in [1.54, 1.807) is 4.31 Å². The Balaban J connectivity index is 1.93. The summed E-state index contributed by atoms with van der Waals surface area (Å²) < 4.78 is 24.6. The van der Waals surface area contributed by atoms with Gasteiger partial charge in [0.05, 0.1) is 6.26 Å². The SMILES string of the molecule is CCC(NC1CCN(S(C)(=O)=O)CC1)c1ccc(Cl)cc1. The quantitative estimate of drug-likeness (QED) is 0.903. The highest BCUT2D eigenvalue weighted by atomic mass is 35.5. The standard InChI is InChI=1S/C15H23ClN2O2S/c1-3-15(12-4-6-13(16)7-5-12)17-14-8-10-18(11-9-14)21(2,19)20/h4-7,14-15,17H,3,8-11H2,1-2H3. The first kappa shape index (κ1) is 16.7. The molecule has 4 nitrogen and oxygen atoms in total. The van der Waals surface area contributed by atoms with Gasteiger partial charge in [0.1, 0.15) is 0 Å². The minimum atomic E-state index is -3.05. The van der Waals surface area contributed by atoms with Crippen LogP contribution in [0.25, 0.3) is 0 Å². The number of hydrogen-bond acceptors (Lipinski definition) is 3. The van der Waals surface area contributed by atoms with Crippen molar-refractivity contribution in [2.75, 3.05) is 19.3 Å². The topological polar surface area (TPSA) is 49.4 Å². The van der Waals surface area contributed by atoms with E-state index in [0.29, 0.717) is 19.1 Å². The van der Waals surface area contributed by atoms with E-state index in [-0.39, 0.29) is 6.04 Å². The summed E-state index contributed by atoms with van der Waals surface area (Å²) in [5.41, 5.74) is 1.23. The van der Waals surface area contributed by atoms with Crippen LogP contribution in [-0.4, -0.2) is 38.1 Å². The molecule has 1 N–H and O–H groups in total. The summed E-state index contributed by atoms with van der Waals surface area (Å²) in [4.78, 5) is 0. The zero-order chi connectivity index (χ0) is 15.5. The molecule has 2 rings (SSSR count). The van der Waals surface area contributed by atoms with Crippen molar-refractivity contribution in [2.45, 2.75) is 38.3 Å². The minimum Gasteiger partial charge on any atom is -0.307 e. The third-order valence-electron chi connectivity index (χ3n) is 4.04. The lowest BCUT2D eigenvalue weighted by atomic mass is 10.00. The predicted molar refractivity (Wildman–Crippen MR) is 87.1 cm³/mol. The number of nitrogens with one attached hydrogen (secondary N) is 1. The zero-order valence-electron chi connectivity index (χ0n) is 12.5. The van der Waals surface area contributed by atoms with Gasteiger partial charge in [0.25, 0.3) is 0 Å². The summed E-state index contributed by atoms with van der Waals surface area (Å²) >= 11 is 5.93. The molecule has 6 heteroatoms. The molecule has 0 aliphatic carbocycles. The van der Waals surface area contributed by atoms with Gasteiger partial charge in [-0.1, -0.05) is 30.7 Å². The maximum atomic E-state index is 11.5. The van der Waals surface area contributed by atoms with Gasteiger partial charge in [-0.15, -0.1) is 0 Å². The van der Waals surface area contributed by atoms with Crippen LogP contribution in [0.5, 0.6) is 0 Å². The fourth-order valence-electron chi connectivity index (χ4n) is 2.78. The maximum absolute atomic E-state index is 11.5. The molecule has 1 fully saturated rings. The molecule has 1 heterocycles. The van der Waals surface area contributed by atoms with Gasteiger partial charge in [-0.05, 0) is 37.0 Å². The monoisotopic (exact) mass is 330 g/mol. The molecular formula is C15H23ClN2O2S. The predicted octanol–water partition coefficient (Wildman–Crippen LogP) is 2.80. The Bertz CT molecular complexity index is 552. The highest BCUT2D eigenvalue weighted by molar-refractivity contribution is 7.88. The molecule has 0 bridgehead atoms. The molecule has 1 aromatic rings. The fraction of sp³-hybridized carbons (Fsp3) is 0.600. The molecule has 1 aliphatic heterocycles. The lowest BCUT2D eigenvalue weighted by molar-refractivity contribution is 0.272. The molecule has 1 aromatic carbocycles. The molecule has 1 aliphatic rings. The van der Waals surface area contributed by atoms with E-state index in [2.05, 4.69) is 24.4 Å². The van der Waals surface area contributed by atoms with Crippen molar-refractivity contribution < 1.29 is 8.42 Å². The van der Waals surface area contributed by atoms with Gasteiger partial charge in [0.2, 0.25) is 10.0 Å². The molecule has 21 heavy (non-hydrogen) atoms. The lowest BCUT2D eigenvalue weighted by Crippen LogP contribution is -2.45. The molecule has 1 unspecified atom stereocenters. The lowest BCUT2D eigenvalue weighted by Gasteiger charge is -2.33. The zero-order valence-corrected chi connectivity index (χ0v) is 14.1. The number of sulfonamides is 1. The Morgan fingerprint density at radius 3 is 2.33 bits per heavy atom. The first-order chi connectivity index (χ1) is 9.90. The fourth-order valence-corrected chi connectivity index (χ4v) is 3.78. The van der Waals surface area contributed by atoms with Gasteiger partial charge in [-0.25, -0.2) is 12.7 Å². The van der Waals surface area contributed by atoms with Crippen molar-refractivity contribution >= 4 is 21.6 Å². The Morgan fingerprint density at radius 1 is 1.29 bits per heavy atom. The van der Waals surface area contributed by atoms with E-state index < -0.39 is 10.0 Å². The highest BCUT2D eigenvalue weighted by Gasteiger charge is 2.26. The number of benzene rings is 1. The summed E-state index contributed by atoms with van der Waals surface area (Å²) in [6, 6.07) is 8.58. The second kappa shape index (κ2) is 7.09. The van der Waals surface area contributed by atoms with E-state index in [9.17, 15) is 8.42 Å². The molecular weight excluding hydrogens is 308 g/mol. The minimum absolute atomic E-state index is 0.289. The van der Waals surface area contributed by atoms with Crippen molar-refractivity contribution in [2.24, 2.45) is 0 Å². The van der Waals surface area contributed by atoms with Crippen LogP contribution in [0, 0.1) is 0 Å². The normalized spacial score (nSPS) is 19.6. The third kappa shape index (κ3) is 4.68. The molecule has 0 aromatic heterocycles. The van der Waals surface area contributed by atoms with Crippen molar-refractivity contribution in [1.29, 1.82) is 0 Å². The van der Waals surface area contributed by atoms with Crippen LogP contribution in [0.4, 0.5) is 0 Å². The molecule has 1 saturated heterocycles. The molecule has 0 radical (unpaired) electrons. The summed E-state index contributed by atoms with van der Waals surface area (Å²) in [6.45, 7) is 3.36. The van der Waals surface area contributed by atoms with E-state index in [0.717, 1.165) is 24.3 Å². The molecule has 0 spiro atoms. The average Bonchev–Trinajstić information content (AvgIpc) is 2.45. The Hall–Kier alpha value is -0.620. The number of piperidine rings is 1. The van der Waals surface area contributed by atoms with Gasteiger partial charge in [-0.3, -0.25) is 0 Å². The van der Waals surface area contributed by atoms with Crippen LogP contribution < -0.4 is 5.32 Å². The second-order valence-electron chi connectivity index (χ2n) is 5.62. The average molecular weight is 331 g/mol. The van der Waals surface area contributed by atoms with Gasteiger partial charge in [0.15, 0.2) is 0 Å². The second-order valence-corrected chi connectivity index (χ2v) is 8.03. The van der Waals surface area contributed by atoms with Crippen LogP contribution in [0.15, 0.2) is 24.3 Å². The number of hydrogen-bond donors (Lipinski definition) is 1. The van der Waals surface area contributed by atoms with Gasteiger partial charge >= 0.3 is 0 Å². The highest BCUT2D eigenvalue weighted by Crippen LogP contribution is 2.22. The van der Waals surface area contributed by atoms with Gasteiger partial charge in [0, 0.05) is 30.2 Å². The molecule has 0 saturated carbocycles. The van der Waals surface area contributed by atoms with E-state index in [4.69, 9.17) is 11.6 Å². The number of rotatable bonds is 5. The molecule has 1 atom stereocenters. The van der Waals surface area contributed by atoms with Crippen LogP contribution in [0.3, 0.4) is 0 Å². The Labute approximate surface area is 132 Å². The summed E-state index contributed by atoms with van der Waals surface area (Å²) in [5.74, 6) is 0. The van der Waals surface area contributed by atoms with Crippen LogP contribution in [-0.2, 0) is 10.0 Å². The van der Waals surface area contributed by atoms with Gasteiger partial charge < -0.3 is 5.32 Å². The number of nitrogens with zero attached hydrogens (tertiary/aromatic N) is 1. The van der Waals surface area contributed by atoms with Gasteiger partial charge in [-0.2, -0.15) is 0 Å².